The minimum Gasteiger partial charge on any atom is -0.492 e. The van der Waals surface area contributed by atoms with E-state index in [1.54, 1.807) is 12.3 Å². The summed E-state index contributed by atoms with van der Waals surface area (Å²) in [6, 6.07) is 17.2. The summed E-state index contributed by atoms with van der Waals surface area (Å²) < 4.78 is 11.8. The van der Waals surface area contributed by atoms with E-state index in [4.69, 9.17) is 14.7 Å². The zero-order valence-electron chi connectivity index (χ0n) is 17.0. The maximum Gasteiger partial charge on any atom is 0.219 e. The molecule has 1 aliphatic heterocycles. The van der Waals surface area contributed by atoms with Gasteiger partial charge in [0.1, 0.15) is 11.5 Å². The smallest absolute Gasteiger partial charge is 0.219 e. The number of ketones is 1. The Bertz CT molecular complexity index is 1130. The van der Waals surface area contributed by atoms with Crippen LogP contribution in [-0.2, 0) is 6.42 Å². The van der Waals surface area contributed by atoms with E-state index in [1.807, 2.05) is 42.5 Å². The van der Waals surface area contributed by atoms with Crippen LogP contribution in [0.1, 0.15) is 58.8 Å². The number of ether oxygens (including phenoxy) is 2. The molecule has 0 saturated heterocycles. The molecular formula is C25H22N2O3. The van der Waals surface area contributed by atoms with Gasteiger partial charge in [-0.1, -0.05) is 26.0 Å². The average Bonchev–Trinajstić information content (AvgIpc) is 2.74. The quantitative estimate of drug-likeness (QED) is 0.573. The van der Waals surface area contributed by atoms with Crippen molar-refractivity contribution in [3.8, 4) is 23.4 Å². The summed E-state index contributed by atoms with van der Waals surface area (Å²) in [7, 11) is 0. The third kappa shape index (κ3) is 4.18. The topological polar surface area (TPSA) is 72.2 Å². The summed E-state index contributed by atoms with van der Waals surface area (Å²) in [6.07, 6.45) is 2.84. The van der Waals surface area contributed by atoms with Gasteiger partial charge >= 0.3 is 0 Å². The molecule has 0 saturated carbocycles. The molecule has 5 heteroatoms. The molecule has 30 heavy (non-hydrogen) atoms. The molecular weight excluding hydrogens is 376 g/mol. The van der Waals surface area contributed by atoms with Gasteiger partial charge in [-0.25, -0.2) is 4.98 Å². The largest absolute Gasteiger partial charge is 0.492 e. The average molecular weight is 398 g/mol. The summed E-state index contributed by atoms with van der Waals surface area (Å²) in [6.45, 7) is 4.53. The molecule has 4 rings (SSSR count). The number of aromatic nitrogens is 1. The number of carbonyl (C=O) groups is 1. The van der Waals surface area contributed by atoms with Gasteiger partial charge in [-0.2, -0.15) is 5.26 Å². The second kappa shape index (κ2) is 8.38. The number of benzene rings is 2. The predicted molar refractivity (Wildman–Crippen MR) is 113 cm³/mol. The lowest BCUT2D eigenvalue weighted by molar-refractivity contribution is 0.0933. The van der Waals surface area contributed by atoms with Gasteiger partial charge in [0.05, 0.1) is 23.8 Å². The van der Waals surface area contributed by atoms with Crippen molar-refractivity contribution in [1.29, 1.82) is 5.26 Å². The molecule has 150 valence electrons. The second-order valence-electron chi connectivity index (χ2n) is 7.65. The SMILES string of the molecule is CC(C)c1cc2c(cc1Oc1cc(Cc3ccc(C#N)cc3)ccn1)OCCC2=O. The lowest BCUT2D eigenvalue weighted by Crippen LogP contribution is -2.16. The van der Waals surface area contributed by atoms with Crippen molar-refractivity contribution in [2.24, 2.45) is 0 Å². The number of hydrogen-bond donors (Lipinski definition) is 0. The standard InChI is InChI=1S/C25H22N2O3/c1-16(2)20-13-21-22(28)8-10-29-23(21)14-24(20)30-25-12-19(7-9-27-25)11-17-3-5-18(15-26)6-4-17/h3-7,9,12-14,16H,8,10-11H2,1-2H3. The van der Waals surface area contributed by atoms with Crippen molar-refractivity contribution in [3.63, 3.8) is 0 Å². The molecule has 1 aliphatic rings. The maximum absolute atomic E-state index is 12.2. The Morgan fingerprint density at radius 3 is 2.67 bits per heavy atom. The Labute approximate surface area is 175 Å². The van der Waals surface area contributed by atoms with Crippen molar-refractivity contribution in [2.45, 2.75) is 32.6 Å². The van der Waals surface area contributed by atoms with Gasteiger partial charge in [0.2, 0.25) is 5.88 Å². The zero-order chi connectivity index (χ0) is 21.1. The first-order valence-electron chi connectivity index (χ1n) is 9.99. The number of carbonyl (C=O) groups excluding carboxylic acids is 1. The molecule has 0 aliphatic carbocycles. The number of fused-ring (bicyclic) bond motifs is 1. The van der Waals surface area contributed by atoms with Crippen LogP contribution in [0.4, 0.5) is 0 Å². The van der Waals surface area contributed by atoms with Gasteiger partial charge in [-0.05, 0) is 53.3 Å². The lowest BCUT2D eigenvalue weighted by atomic mass is 9.95. The maximum atomic E-state index is 12.2. The minimum absolute atomic E-state index is 0.104. The number of Topliss-reactive ketones (excluding diaryl/α,β-unsaturated/α-hetero) is 1. The Balaban J connectivity index is 1.60. The van der Waals surface area contributed by atoms with Crippen LogP contribution < -0.4 is 9.47 Å². The van der Waals surface area contributed by atoms with Gasteiger partial charge in [-0.15, -0.1) is 0 Å². The van der Waals surface area contributed by atoms with Crippen molar-refractivity contribution in [3.05, 3.63) is 82.5 Å². The van der Waals surface area contributed by atoms with E-state index in [0.717, 1.165) is 16.7 Å². The van der Waals surface area contributed by atoms with Crippen LogP contribution in [0.3, 0.4) is 0 Å². The second-order valence-corrected chi connectivity index (χ2v) is 7.65. The molecule has 2 heterocycles. The van der Waals surface area contributed by atoms with Crippen LogP contribution in [0.15, 0.2) is 54.7 Å². The molecule has 5 nitrogen and oxygen atoms in total. The van der Waals surface area contributed by atoms with Crippen LogP contribution in [-0.4, -0.2) is 17.4 Å². The Morgan fingerprint density at radius 1 is 1.13 bits per heavy atom. The first kappa shape index (κ1) is 19.7. The summed E-state index contributed by atoms with van der Waals surface area (Å²) in [5.74, 6) is 2.00. The third-order valence-corrected chi connectivity index (χ3v) is 5.13. The fraction of sp³-hybridized carbons (Fsp3) is 0.240. The van der Waals surface area contributed by atoms with Gasteiger partial charge in [0.25, 0.3) is 0 Å². The Morgan fingerprint density at radius 2 is 1.93 bits per heavy atom. The monoisotopic (exact) mass is 398 g/mol. The number of hydrogen-bond acceptors (Lipinski definition) is 5. The van der Waals surface area contributed by atoms with E-state index >= 15 is 0 Å². The number of nitriles is 1. The third-order valence-electron chi connectivity index (χ3n) is 5.13. The molecule has 0 N–H and O–H groups in total. The normalized spacial score (nSPS) is 12.8. The number of nitrogens with zero attached hydrogens (tertiary/aromatic N) is 2. The highest BCUT2D eigenvalue weighted by atomic mass is 16.5. The van der Waals surface area contributed by atoms with Gasteiger partial charge in [-0.3, -0.25) is 4.79 Å². The molecule has 0 fully saturated rings. The van der Waals surface area contributed by atoms with Crippen LogP contribution >= 0.6 is 0 Å². The number of rotatable bonds is 5. The first-order valence-corrected chi connectivity index (χ1v) is 9.99. The molecule has 3 aromatic rings. The summed E-state index contributed by atoms with van der Waals surface area (Å²) in [5.41, 5.74) is 4.38. The Hall–Kier alpha value is -3.65. The van der Waals surface area contributed by atoms with E-state index in [9.17, 15) is 4.79 Å². The molecule has 0 unspecified atom stereocenters. The molecule has 0 spiro atoms. The summed E-state index contributed by atoms with van der Waals surface area (Å²) >= 11 is 0. The fourth-order valence-corrected chi connectivity index (χ4v) is 3.50. The lowest BCUT2D eigenvalue weighted by Gasteiger charge is -2.21. The van der Waals surface area contributed by atoms with E-state index in [2.05, 4.69) is 24.9 Å². The zero-order valence-corrected chi connectivity index (χ0v) is 17.0. The first-order chi connectivity index (χ1) is 14.5. The predicted octanol–water partition coefficient (Wildman–Crippen LogP) is 5.42. The highest BCUT2D eigenvalue weighted by Crippen LogP contribution is 2.38. The van der Waals surface area contributed by atoms with Crippen LogP contribution in [0.5, 0.6) is 17.4 Å². The summed E-state index contributed by atoms with van der Waals surface area (Å²) in [5, 5.41) is 8.94. The van der Waals surface area contributed by atoms with Crippen molar-refractivity contribution in [1.82, 2.24) is 4.98 Å². The molecule has 2 aromatic carbocycles. The highest BCUT2D eigenvalue weighted by molar-refractivity contribution is 6.00. The van der Waals surface area contributed by atoms with E-state index in [1.165, 1.54) is 0 Å². The fourth-order valence-electron chi connectivity index (χ4n) is 3.50. The Kier molecular flexibility index (Phi) is 5.49. The minimum atomic E-state index is 0.104. The van der Waals surface area contributed by atoms with E-state index in [-0.39, 0.29) is 11.7 Å². The van der Waals surface area contributed by atoms with Gasteiger partial charge in [0.15, 0.2) is 5.78 Å². The van der Waals surface area contributed by atoms with Crippen LogP contribution in [0.25, 0.3) is 0 Å². The van der Waals surface area contributed by atoms with Crippen molar-refractivity contribution >= 4 is 5.78 Å². The van der Waals surface area contributed by atoms with Crippen LogP contribution in [0.2, 0.25) is 0 Å². The summed E-state index contributed by atoms with van der Waals surface area (Å²) in [4.78, 5) is 16.6. The number of pyridine rings is 1. The molecule has 0 radical (unpaired) electrons. The van der Waals surface area contributed by atoms with Crippen LogP contribution in [0, 0.1) is 11.3 Å². The van der Waals surface area contributed by atoms with Crippen molar-refractivity contribution < 1.29 is 14.3 Å². The van der Waals surface area contributed by atoms with E-state index < -0.39 is 0 Å². The van der Waals surface area contributed by atoms with Gasteiger partial charge < -0.3 is 9.47 Å². The molecule has 1 aromatic heterocycles. The molecule has 0 atom stereocenters. The van der Waals surface area contributed by atoms with Gasteiger partial charge in [0, 0.05) is 24.8 Å². The molecule has 0 bridgehead atoms. The highest BCUT2D eigenvalue weighted by Gasteiger charge is 2.23. The van der Waals surface area contributed by atoms with Crippen molar-refractivity contribution in [2.75, 3.05) is 6.61 Å². The van der Waals surface area contributed by atoms with E-state index in [0.29, 0.717) is 48.0 Å². The molecule has 0 amide bonds.